The number of rotatable bonds is 5. The Labute approximate surface area is 124 Å². The largest absolute Gasteiger partial charge is 0.480 e. The molecule has 2 rings (SSSR count). The van der Waals surface area contributed by atoms with Gasteiger partial charge >= 0.3 is 5.97 Å². The van der Waals surface area contributed by atoms with Gasteiger partial charge in [-0.05, 0) is 35.0 Å². The molecule has 0 aliphatic carbocycles. The van der Waals surface area contributed by atoms with Crippen molar-refractivity contribution in [3.8, 4) is 0 Å². The van der Waals surface area contributed by atoms with E-state index in [9.17, 15) is 4.79 Å². The highest BCUT2D eigenvalue weighted by Crippen LogP contribution is 2.24. The zero-order valence-electron chi connectivity index (χ0n) is 10.7. The number of carboxylic acid groups (broad SMARTS) is 1. The molecular formula is C13H13BrN4O2. The van der Waals surface area contributed by atoms with E-state index in [0.29, 0.717) is 11.6 Å². The summed E-state index contributed by atoms with van der Waals surface area (Å²) >= 11 is 3.43. The molecule has 0 radical (unpaired) electrons. The lowest BCUT2D eigenvalue weighted by Crippen LogP contribution is -2.25. The van der Waals surface area contributed by atoms with Gasteiger partial charge in [0.15, 0.2) is 0 Å². The topological polar surface area (TPSA) is 87.1 Å². The van der Waals surface area contributed by atoms with Crippen molar-refractivity contribution in [2.45, 2.75) is 13.0 Å². The molecule has 3 N–H and O–H groups in total. The number of benzene rings is 1. The lowest BCUT2D eigenvalue weighted by Gasteiger charge is -2.11. The first-order valence-electron chi connectivity index (χ1n) is 5.89. The van der Waals surface area contributed by atoms with Crippen LogP contribution in [0, 0.1) is 0 Å². The van der Waals surface area contributed by atoms with Crippen LogP contribution in [0.4, 0.5) is 17.3 Å². The smallest absolute Gasteiger partial charge is 0.325 e. The minimum absolute atomic E-state index is 0.449. The highest BCUT2D eigenvalue weighted by Gasteiger charge is 2.11. The van der Waals surface area contributed by atoms with E-state index in [1.807, 2.05) is 24.3 Å². The van der Waals surface area contributed by atoms with Crippen molar-refractivity contribution in [2.24, 2.45) is 0 Å². The number of nitrogens with one attached hydrogen (secondary N) is 2. The first-order chi connectivity index (χ1) is 9.56. The van der Waals surface area contributed by atoms with Gasteiger partial charge in [-0.15, -0.1) is 0 Å². The molecule has 1 heterocycles. The third-order valence-corrected chi connectivity index (χ3v) is 3.23. The third-order valence-electron chi connectivity index (χ3n) is 2.54. The molecule has 0 aliphatic heterocycles. The zero-order valence-corrected chi connectivity index (χ0v) is 12.3. The van der Waals surface area contributed by atoms with Crippen LogP contribution < -0.4 is 10.6 Å². The number of para-hydroxylation sites is 1. The summed E-state index contributed by atoms with van der Waals surface area (Å²) in [6.45, 7) is 1.55. The molecule has 0 saturated heterocycles. The molecule has 0 saturated carbocycles. The quantitative estimate of drug-likeness (QED) is 0.778. The minimum Gasteiger partial charge on any atom is -0.480 e. The average Bonchev–Trinajstić information content (AvgIpc) is 2.42. The average molecular weight is 337 g/mol. The molecular weight excluding hydrogens is 324 g/mol. The lowest BCUT2D eigenvalue weighted by atomic mass is 10.3. The monoisotopic (exact) mass is 336 g/mol. The van der Waals surface area contributed by atoms with E-state index in [0.717, 1.165) is 10.2 Å². The Bertz CT molecular complexity index is 621. The summed E-state index contributed by atoms with van der Waals surface area (Å²) in [5.74, 6) is 0.0837. The Balaban J connectivity index is 2.14. The highest BCUT2D eigenvalue weighted by atomic mass is 79.9. The molecule has 1 aromatic heterocycles. The van der Waals surface area contributed by atoms with Gasteiger partial charge < -0.3 is 15.7 Å². The Morgan fingerprint density at radius 2 is 2.00 bits per heavy atom. The maximum absolute atomic E-state index is 10.8. The van der Waals surface area contributed by atoms with Gasteiger partial charge in [-0.25, -0.2) is 9.97 Å². The molecule has 1 atom stereocenters. The Hall–Kier alpha value is -2.15. The van der Waals surface area contributed by atoms with Gasteiger partial charge in [0, 0.05) is 10.5 Å². The Morgan fingerprint density at radius 3 is 2.70 bits per heavy atom. The van der Waals surface area contributed by atoms with E-state index in [2.05, 4.69) is 36.5 Å². The molecule has 0 amide bonds. The van der Waals surface area contributed by atoms with Crippen LogP contribution >= 0.6 is 15.9 Å². The molecule has 1 unspecified atom stereocenters. The van der Waals surface area contributed by atoms with E-state index in [1.165, 1.54) is 6.33 Å². The first-order valence-corrected chi connectivity index (χ1v) is 6.68. The first kappa shape index (κ1) is 14.3. The van der Waals surface area contributed by atoms with Gasteiger partial charge in [-0.3, -0.25) is 4.79 Å². The zero-order chi connectivity index (χ0) is 14.5. The van der Waals surface area contributed by atoms with Crippen LogP contribution in [0.1, 0.15) is 6.92 Å². The standard InChI is InChI=1S/C13H13BrN4O2/c1-8(13(19)20)17-11-6-12(16-7-15-11)18-10-5-3-2-4-9(10)14/h2-8H,1H3,(H,19,20)(H2,15,16,17,18). The van der Waals surface area contributed by atoms with Crippen LogP contribution in [-0.2, 0) is 4.79 Å². The molecule has 0 aliphatic rings. The maximum atomic E-state index is 10.8. The van der Waals surface area contributed by atoms with Crippen molar-refractivity contribution in [3.05, 3.63) is 41.1 Å². The summed E-state index contributed by atoms with van der Waals surface area (Å²) in [6, 6.07) is 8.56. The molecule has 0 spiro atoms. The number of aromatic nitrogens is 2. The van der Waals surface area contributed by atoms with Gasteiger partial charge in [0.05, 0.1) is 5.69 Å². The van der Waals surface area contributed by atoms with E-state index in [1.54, 1.807) is 13.0 Å². The Morgan fingerprint density at radius 1 is 1.30 bits per heavy atom. The Kier molecular flexibility index (Phi) is 4.52. The van der Waals surface area contributed by atoms with E-state index < -0.39 is 12.0 Å². The predicted molar refractivity (Wildman–Crippen MR) is 80.2 cm³/mol. The second-order valence-corrected chi connectivity index (χ2v) is 4.95. The van der Waals surface area contributed by atoms with Crippen molar-refractivity contribution in [1.29, 1.82) is 0 Å². The van der Waals surface area contributed by atoms with Crippen molar-refractivity contribution in [2.75, 3.05) is 10.6 Å². The summed E-state index contributed by atoms with van der Waals surface area (Å²) in [7, 11) is 0. The number of carboxylic acids is 1. The van der Waals surface area contributed by atoms with Crippen molar-refractivity contribution in [1.82, 2.24) is 9.97 Å². The van der Waals surface area contributed by atoms with Crippen LogP contribution in [0.3, 0.4) is 0 Å². The van der Waals surface area contributed by atoms with Crippen LogP contribution in [-0.4, -0.2) is 27.1 Å². The van der Waals surface area contributed by atoms with Gasteiger partial charge in [0.2, 0.25) is 0 Å². The number of nitrogens with zero attached hydrogens (tertiary/aromatic N) is 2. The SMILES string of the molecule is CC(Nc1cc(Nc2ccccc2Br)ncn1)C(=O)O. The summed E-state index contributed by atoms with van der Waals surface area (Å²) in [5, 5.41) is 14.8. The number of halogens is 1. The van der Waals surface area contributed by atoms with Crippen molar-refractivity contribution >= 4 is 39.2 Å². The summed E-state index contributed by atoms with van der Waals surface area (Å²) in [5.41, 5.74) is 0.864. The second-order valence-electron chi connectivity index (χ2n) is 4.10. The fourth-order valence-corrected chi connectivity index (χ4v) is 1.87. The van der Waals surface area contributed by atoms with Crippen LogP contribution in [0.15, 0.2) is 41.1 Å². The fraction of sp³-hybridized carbons (Fsp3) is 0.154. The van der Waals surface area contributed by atoms with E-state index in [-0.39, 0.29) is 0 Å². The molecule has 1 aromatic carbocycles. The molecule has 7 heteroatoms. The predicted octanol–water partition coefficient (Wildman–Crippen LogP) is 2.87. The minimum atomic E-state index is -0.941. The molecule has 0 bridgehead atoms. The second kappa shape index (κ2) is 6.33. The fourth-order valence-electron chi connectivity index (χ4n) is 1.49. The van der Waals surface area contributed by atoms with Crippen LogP contribution in [0.2, 0.25) is 0 Å². The third kappa shape index (κ3) is 3.67. The number of anilines is 3. The molecule has 6 nitrogen and oxygen atoms in total. The highest BCUT2D eigenvalue weighted by molar-refractivity contribution is 9.10. The van der Waals surface area contributed by atoms with Gasteiger partial charge in [0.25, 0.3) is 0 Å². The lowest BCUT2D eigenvalue weighted by molar-refractivity contribution is -0.137. The van der Waals surface area contributed by atoms with Crippen LogP contribution in [0.25, 0.3) is 0 Å². The maximum Gasteiger partial charge on any atom is 0.325 e. The number of carbonyl (C=O) groups is 1. The normalized spacial score (nSPS) is 11.7. The summed E-state index contributed by atoms with van der Waals surface area (Å²) in [6.07, 6.45) is 1.37. The number of hydrogen-bond acceptors (Lipinski definition) is 5. The van der Waals surface area contributed by atoms with Crippen LogP contribution in [0.5, 0.6) is 0 Å². The molecule has 2 aromatic rings. The van der Waals surface area contributed by atoms with E-state index in [4.69, 9.17) is 5.11 Å². The number of hydrogen-bond donors (Lipinski definition) is 3. The van der Waals surface area contributed by atoms with Crippen molar-refractivity contribution in [3.63, 3.8) is 0 Å². The number of aliphatic carboxylic acids is 1. The van der Waals surface area contributed by atoms with Gasteiger partial charge in [-0.1, -0.05) is 12.1 Å². The molecule has 20 heavy (non-hydrogen) atoms. The molecule has 104 valence electrons. The summed E-state index contributed by atoms with van der Waals surface area (Å²) in [4.78, 5) is 18.9. The molecule has 0 fully saturated rings. The van der Waals surface area contributed by atoms with Crippen molar-refractivity contribution < 1.29 is 9.90 Å². The van der Waals surface area contributed by atoms with Gasteiger partial charge in [0.1, 0.15) is 24.0 Å². The van der Waals surface area contributed by atoms with Gasteiger partial charge in [-0.2, -0.15) is 0 Å². The van der Waals surface area contributed by atoms with E-state index >= 15 is 0 Å². The summed E-state index contributed by atoms with van der Waals surface area (Å²) < 4.78 is 0.909.